The number of carbonyl (C=O) groups excluding carboxylic acids is 1. The average molecular weight is 332 g/mol. The molecule has 0 N–H and O–H groups in total. The highest BCUT2D eigenvalue weighted by molar-refractivity contribution is 5.77. The molecule has 0 aliphatic carbocycles. The van der Waals surface area contributed by atoms with Crippen molar-refractivity contribution >= 4 is 5.91 Å². The van der Waals surface area contributed by atoms with E-state index in [-0.39, 0.29) is 0 Å². The minimum atomic E-state index is 0.336. The summed E-state index contributed by atoms with van der Waals surface area (Å²) in [5, 5.41) is 4.47. The van der Waals surface area contributed by atoms with Crippen molar-refractivity contribution < 1.29 is 4.79 Å². The maximum absolute atomic E-state index is 12.9. The second-order valence-corrected chi connectivity index (χ2v) is 7.41. The third-order valence-corrected chi connectivity index (χ3v) is 6.13. The van der Waals surface area contributed by atoms with Gasteiger partial charge in [-0.05, 0) is 64.6 Å². The Bertz CT molecular complexity index is 594. The molecule has 0 spiro atoms. The molecule has 0 radical (unpaired) electrons. The highest BCUT2D eigenvalue weighted by atomic mass is 16.2. The largest absolute Gasteiger partial charge is 0.338 e. The predicted molar refractivity (Wildman–Crippen MR) is 96.0 cm³/mol. The van der Waals surface area contributed by atoms with Gasteiger partial charge in [0.25, 0.3) is 0 Å². The lowest BCUT2D eigenvalue weighted by molar-refractivity contribution is -0.133. The molecule has 5 nitrogen and oxygen atoms in total. The van der Waals surface area contributed by atoms with Crippen molar-refractivity contribution in [3.63, 3.8) is 0 Å². The quantitative estimate of drug-likeness (QED) is 0.832. The van der Waals surface area contributed by atoms with Crippen molar-refractivity contribution in [1.82, 2.24) is 19.6 Å². The van der Waals surface area contributed by atoms with E-state index in [0.29, 0.717) is 24.4 Å². The summed E-state index contributed by atoms with van der Waals surface area (Å²) in [5.74, 6) is 0.336. The van der Waals surface area contributed by atoms with Crippen molar-refractivity contribution in [2.45, 2.75) is 71.4 Å². The second-order valence-electron chi connectivity index (χ2n) is 7.41. The number of likely N-dealkylation sites (tertiary alicyclic amines) is 2. The van der Waals surface area contributed by atoms with Gasteiger partial charge >= 0.3 is 0 Å². The van der Waals surface area contributed by atoms with Gasteiger partial charge in [0.15, 0.2) is 0 Å². The topological polar surface area (TPSA) is 41.4 Å². The first-order valence-corrected chi connectivity index (χ1v) is 9.55. The van der Waals surface area contributed by atoms with Crippen LogP contribution < -0.4 is 0 Å². The number of aromatic nitrogens is 2. The van der Waals surface area contributed by atoms with Gasteiger partial charge in [-0.2, -0.15) is 5.10 Å². The fourth-order valence-corrected chi connectivity index (χ4v) is 4.74. The van der Waals surface area contributed by atoms with E-state index in [2.05, 4.69) is 28.7 Å². The van der Waals surface area contributed by atoms with E-state index in [4.69, 9.17) is 0 Å². The molecule has 3 heterocycles. The monoisotopic (exact) mass is 332 g/mol. The molecule has 0 aromatic carbocycles. The fraction of sp³-hybridized carbons (Fsp3) is 0.789. The van der Waals surface area contributed by atoms with Crippen LogP contribution in [0.1, 0.15) is 56.0 Å². The SMILES string of the molecule is CCN1CCC[C@@H]1[C@H]1CCCN1C(=O)CCc1c(C)nn(C)c1C. The van der Waals surface area contributed by atoms with Crippen LogP contribution in [0.15, 0.2) is 0 Å². The van der Waals surface area contributed by atoms with Gasteiger partial charge in [0.1, 0.15) is 0 Å². The zero-order chi connectivity index (χ0) is 17.3. The Hall–Kier alpha value is -1.36. The Morgan fingerprint density at radius 1 is 1.17 bits per heavy atom. The zero-order valence-electron chi connectivity index (χ0n) is 15.7. The fourth-order valence-electron chi connectivity index (χ4n) is 4.74. The van der Waals surface area contributed by atoms with Crippen molar-refractivity contribution in [3.8, 4) is 0 Å². The van der Waals surface area contributed by atoms with Gasteiger partial charge in [-0.25, -0.2) is 0 Å². The Balaban J connectivity index is 1.63. The van der Waals surface area contributed by atoms with Crippen LogP contribution in [0.3, 0.4) is 0 Å². The lowest BCUT2D eigenvalue weighted by atomic mass is 10.0. The molecule has 0 unspecified atom stereocenters. The lowest BCUT2D eigenvalue weighted by Gasteiger charge is -2.34. The number of hydrogen-bond donors (Lipinski definition) is 0. The number of amides is 1. The first kappa shape index (κ1) is 17.5. The molecule has 1 aromatic rings. The van der Waals surface area contributed by atoms with E-state index in [1.165, 1.54) is 37.1 Å². The van der Waals surface area contributed by atoms with Gasteiger partial charge in [0, 0.05) is 37.8 Å². The molecule has 5 heteroatoms. The van der Waals surface area contributed by atoms with Crippen molar-refractivity contribution in [1.29, 1.82) is 0 Å². The molecule has 1 aromatic heterocycles. The van der Waals surface area contributed by atoms with Crippen molar-refractivity contribution in [2.24, 2.45) is 7.05 Å². The van der Waals surface area contributed by atoms with Crippen LogP contribution in [-0.4, -0.2) is 57.2 Å². The molecule has 2 fully saturated rings. The minimum Gasteiger partial charge on any atom is -0.338 e. The Morgan fingerprint density at radius 3 is 2.54 bits per heavy atom. The molecular weight excluding hydrogens is 300 g/mol. The minimum absolute atomic E-state index is 0.336. The van der Waals surface area contributed by atoms with Crippen LogP contribution in [0.4, 0.5) is 0 Å². The first-order chi connectivity index (χ1) is 11.5. The summed E-state index contributed by atoms with van der Waals surface area (Å²) in [6.07, 6.45) is 6.31. The third kappa shape index (κ3) is 3.23. The number of hydrogen-bond acceptors (Lipinski definition) is 3. The van der Waals surface area contributed by atoms with Crippen LogP contribution in [0.2, 0.25) is 0 Å². The van der Waals surface area contributed by atoms with E-state index in [9.17, 15) is 4.79 Å². The number of carbonyl (C=O) groups is 1. The number of nitrogens with zero attached hydrogens (tertiary/aromatic N) is 4. The smallest absolute Gasteiger partial charge is 0.223 e. The molecule has 24 heavy (non-hydrogen) atoms. The molecule has 0 saturated carbocycles. The molecule has 1 amide bonds. The van der Waals surface area contributed by atoms with Gasteiger partial charge in [-0.1, -0.05) is 6.92 Å². The predicted octanol–water partition coefficient (Wildman–Crippen LogP) is 2.44. The zero-order valence-corrected chi connectivity index (χ0v) is 15.7. The summed E-state index contributed by atoms with van der Waals surface area (Å²) >= 11 is 0. The standard InChI is InChI=1S/C19H32N4O/c1-5-22-12-6-8-17(22)18-9-7-13-23(18)19(24)11-10-16-14(2)20-21(4)15(16)3/h17-18H,5-13H2,1-4H3/t17-,18-/m1/s1. The van der Waals surface area contributed by atoms with Crippen LogP contribution in [0, 0.1) is 13.8 Å². The first-order valence-electron chi connectivity index (χ1n) is 9.55. The van der Waals surface area contributed by atoms with E-state index >= 15 is 0 Å². The number of likely N-dealkylation sites (N-methyl/N-ethyl adjacent to an activating group) is 1. The molecular formula is C19H32N4O. The van der Waals surface area contributed by atoms with E-state index < -0.39 is 0 Å². The normalized spacial score (nSPS) is 24.9. The summed E-state index contributed by atoms with van der Waals surface area (Å²) < 4.78 is 1.92. The summed E-state index contributed by atoms with van der Waals surface area (Å²) in [5.41, 5.74) is 3.50. The van der Waals surface area contributed by atoms with Crippen LogP contribution in [0.25, 0.3) is 0 Å². The van der Waals surface area contributed by atoms with Gasteiger partial charge in [-0.15, -0.1) is 0 Å². The maximum atomic E-state index is 12.9. The molecule has 3 rings (SSSR count). The number of rotatable bonds is 5. The van der Waals surface area contributed by atoms with Crippen LogP contribution >= 0.6 is 0 Å². The van der Waals surface area contributed by atoms with Gasteiger partial charge < -0.3 is 4.90 Å². The van der Waals surface area contributed by atoms with E-state index in [0.717, 1.165) is 31.6 Å². The average Bonchev–Trinajstić information content (AvgIpc) is 3.26. The lowest BCUT2D eigenvalue weighted by Crippen LogP contribution is -2.48. The van der Waals surface area contributed by atoms with Gasteiger partial charge in [-0.3, -0.25) is 14.4 Å². The second kappa shape index (κ2) is 7.26. The molecule has 2 atom stereocenters. The van der Waals surface area contributed by atoms with Gasteiger partial charge in [0.2, 0.25) is 5.91 Å². The Labute approximate surface area is 146 Å². The summed E-state index contributed by atoms with van der Waals surface area (Å²) in [7, 11) is 1.98. The summed E-state index contributed by atoms with van der Waals surface area (Å²) in [6, 6.07) is 1.03. The summed E-state index contributed by atoms with van der Waals surface area (Å²) in [4.78, 5) is 17.7. The van der Waals surface area contributed by atoms with Gasteiger partial charge in [0.05, 0.1) is 5.69 Å². The van der Waals surface area contributed by atoms with Crippen molar-refractivity contribution in [3.05, 3.63) is 17.0 Å². The maximum Gasteiger partial charge on any atom is 0.223 e. The van der Waals surface area contributed by atoms with Crippen molar-refractivity contribution in [2.75, 3.05) is 19.6 Å². The third-order valence-electron chi connectivity index (χ3n) is 6.13. The van der Waals surface area contributed by atoms with Crippen LogP contribution in [0.5, 0.6) is 0 Å². The highest BCUT2D eigenvalue weighted by Crippen LogP contribution is 2.30. The molecule has 0 bridgehead atoms. The van der Waals surface area contributed by atoms with E-state index in [1.54, 1.807) is 0 Å². The molecule has 2 aliphatic rings. The molecule has 2 saturated heterocycles. The van der Waals surface area contributed by atoms with Crippen LogP contribution in [-0.2, 0) is 18.3 Å². The Kier molecular flexibility index (Phi) is 5.28. The number of aryl methyl sites for hydroxylation is 2. The summed E-state index contributed by atoms with van der Waals surface area (Å²) in [6.45, 7) is 9.64. The highest BCUT2D eigenvalue weighted by Gasteiger charge is 2.38. The Morgan fingerprint density at radius 2 is 1.88 bits per heavy atom. The molecule has 2 aliphatic heterocycles. The van der Waals surface area contributed by atoms with E-state index in [1.807, 2.05) is 18.7 Å². The molecule has 134 valence electrons.